The highest BCUT2D eigenvalue weighted by Gasteiger charge is 2.65. The minimum Gasteiger partial charge on any atom is -0.390 e. The van der Waals surface area contributed by atoms with Crippen molar-refractivity contribution < 1.29 is 13.9 Å². The van der Waals surface area contributed by atoms with Gasteiger partial charge in [0.1, 0.15) is 23.0 Å². The fourth-order valence-corrected chi connectivity index (χ4v) is 6.03. The van der Waals surface area contributed by atoms with Gasteiger partial charge in [0.2, 0.25) is 0 Å². The smallest absolute Gasteiger partial charge is 0.135 e. The molecule has 3 heterocycles. The van der Waals surface area contributed by atoms with Crippen molar-refractivity contribution in [2.24, 2.45) is 5.41 Å². The second-order valence-corrected chi connectivity index (χ2v) is 9.57. The summed E-state index contributed by atoms with van der Waals surface area (Å²) in [7, 11) is 0. The molecule has 2 N–H and O–H groups in total. The molecule has 2 bridgehead atoms. The largest absolute Gasteiger partial charge is 0.390 e. The zero-order valence-corrected chi connectivity index (χ0v) is 18.7. The van der Waals surface area contributed by atoms with E-state index in [4.69, 9.17) is 4.98 Å². The Morgan fingerprint density at radius 2 is 1.85 bits per heavy atom. The van der Waals surface area contributed by atoms with Crippen molar-refractivity contribution in [1.82, 2.24) is 30.4 Å². The first kappa shape index (κ1) is 21.0. The lowest BCUT2D eigenvalue weighted by atomic mass is 9.66. The van der Waals surface area contributed by atoms with Crippen LogP contribution in [0.4, 0.5) is 8.78 Å². The van der Waals surface area contributed by atoms with Crippen molar-refractivity contribution in [3.63, 3.8) is 0 Å². The number of nitrogens with one attached hydrogen (secondary N) is 1. The Labute approximate surface area is 194 Å². The fourth-order valence-electron chi connectivity index (χ4n) is 6.03. The van der Waals surface area contributed by atoms with Gasteiger partial charge < -0.3 is 5.11 Å². The summed E-state index contributed by atoms with van der Waals surface area (Å²) in [4.78, 5) is 9.38. The number of H-pyrrole nitrogens is 1. The first-order valence-corrected chi connectivity index (χ1v) is 11.2. The third kappa shape index (κ3) is 2.67. The molecule has 1 fully saturated rings. The van der Waals surface area contributed by atoms with Gasteiger partial charge in [0.05, 0.1) is 46.6 Å². The number of hydrogen-bond acceptors (Lipinski definition) is 6. The molecule has 2 atom stereocenters. The number of aromatic nitrogens is 6. The van der Waals surface area contributed by atoms with Crippen LogP contribution in [0.25, 0.3) is 22.6 Å². The van der Waals surface area contributed by atoms with Crippen LogP contribution in [0.2, 0.25) is 0 Å². The molecule has 7 nitrogen and oxygen atoms in total. The van der Waals surface area contributed by atoms with Crippen LogP contribution in [0.15, 0.2) is 42.7 Å². The average molecular weight is 460 g/mol. The Bertz CT molecular complexity index is 1410. The van der Waals surface area contributed by atoms with Crippen LogP contribution < -0.4 is 0 Å². The highest BCUT2D eigenvalue weighted by molar-refractivity contribution is 5.64. The molecular formula is C25H22F2N6O. The van der Waals surface area contributed by atoms with E-state index in [-0.39, 0.29) is 29.2 Å². The van der Waals surface area contributed by atoms with E-state index in [9.17, 15) is 13.9 Å². The molecule has 0 amide bonds. The van der Waals surface area contributed by atoms with Crippen LogP contribution in [-0.2, 0) is 12.0 Å². The van der Waals surface area contributed by atoms with E-state index in [1.165, 1.54) is 18.2 Å². The van der Waals surface area contributed by atoms with E-state index in [0.717, 1.165) is 29.8 Å². The number of fused-ring (bicyclic) bond motifs is 5. The molecular weight excluding hydrogens is 438 g/mol. The van der Waals surface area contributed by atoms with Gasteiger partial charge >= 0.3 is 0 Å². The van der Waals surface area contributed by atoms with Crippen LogP contribution in [0.1, 0.15) is 55.3 Å². The third-order valence-corrected chi connectivity index (χ3v) is 7.74. The maximum absolute atomic E-state index is 14.5. The summed E-state index contributed by atoms with van der Waals surface area (Å²) in [6.45, 7) is 4.22. The van der Waals surface area contributed by atoms with Crippen molar-refractivity contribution in [3.8, 4) is 22.6 Å². The van der Waals surface area contributed by atoms with Crippen LogP contribution in [0.5, 0.6) is 0 Å². The number of nitrogens with zero attached hydrogens (tertiary/aromatic N) is 5. The Morgan fingerprint density at radius 1 is 1.06 bits per heavy atom. The summed E-state index contributed by atoms with van der Waals surface area (Å²) in [6, 6.07) is 7.32. The fraction of sp³-hybridized carbons (Fsp3) is 0.320. The monoisotopic (exact) mass is 460 g/mol. The quantitative estimate of drug-likeness (QED) is 0.471. The molecule has 0 saturated heterocycles. The number of halogens is 2. The Kier molecular flexibility index (Phi) is 4.44. The second kappa shape index (κ2) is 7.20. The number of aromatic amines is 1. The van der Waals surface area contributed by atoms with E-state index >= 15 is 0 Å². The zero-order valence-electron chi connectivity index (χ0n) is 18.7. The molecule has 6 rings (SSSR count). The molecule has 0 spiro atoms. The number of benzene rings is 1. The van der Waals surface area contributed by atoms with Crippen molar-refractivity contribution >= 4 is 0 Å². The highest BCUT2D eigenvalue weighted by Crippen LogP contribution is 2.69. The molecule has 1 aromatic carbocycles. The third-order valence-electron chi connectivity index (χ3n) is 7.74. The topological polar surface area (TPSA) is 100 Å². The summed E-state index contributed by atoms with van der Waals surface area (Å²) in [6.07, 6.45) is 5.12. The maximum atomic E-state index is 14.5. The van der Waals surface area contributed by atoms with E-state index in [0.29, 0.717) is 17.1 Å². The molecule has 2 aliphatic carbocycles. The second-order valence-electron chi connectivity index (χ2n) is 9.57. The van der Waals surface area contributed by atoms with Crippen LogP contribution in [-0.4, -0.2) is 35.5 Å². The summed E-state index contributed by atoms with van der Waals surface area (Å²) in [5, 5.41) is 25.2. The SMILES string of the molecule is CC1(C)[C@H]2CC[C@]1(c1cncc(-c3cc(CO)[nH]n3)n1)c1nnc(-c3c(F)cccc3F)cc12. The van der Waals surface area contributed by atoms with Crippen molar-refractivity contribution in [2.45, 2.75) is 44.6 Å². The predicted molar refractivity (Wildman–Crippen MR) is 119 cm³/mol. The van der Waals surface area contributed by atoms with Crippen LogP contribution in [0.3, 0.4) is 0 Å². The Morgan fingerprint density at radius 3 is 2.59 bits per heavy atom. The first-order valence-electron chi connectivity index (χ1n) is 11.2. The standard InChI is InChI=1S/C25H22F2N6O/c1-24(2)15-6-7-25(24,21-11-28-10-20(29-21)18-8-13(12-34)30-31-18)23-14(15)9-19(32-33-23)22-16(26)4-3-5-17(22)27/h3-5,8-11,15,34H,6-7,12H2,1-2H3,(H,30,31)/t15-,25-/m0/s1. The molecule has 1 saturated carbocycles. The van der Waals surface area contributed by atoms with Crippen LogP contribution in [0, 0.1) is 17.0 Å². The van der Waals surface area contributed by atoms with Gasteiger partial charge in [-0.25, -0.2) is 13.8 Å². The Hall–Kier alpha value is -3.59. The average Bonchev–Trinajstić information content (AvgIpc) is 3.47. The van der Waals surface area contributed by atoms with E-state index in [2.05, 4.69) is 39.2 Å². The van der Waals surface area contributed by atoms with Gasteiger partial charge in [-0.2, -0.15) is 10.2 Å². The summed E-state index contributed by atoms with van der Waals surface area (Å²) >= 11 is 0. The molecule has 0 radical (unpaired) electrons. The molecule has 3 aromatic heterocycles. The van der Waals surface area contributed by atoms with E-state index < -0.39 is 17.0 Å². The molecule has 2 aliphatic rings. The van der Waals surface area contributed by atoms with Crippen molar-refractivity contribution in [1.29, 1.82) is 0 Å². The van der Waals surface area contributed by atoms with Crippen molar-refractivity contribution in [3.05, 3.63) is 77.0 Å². The molecule has 172 valence electrons. The lowest BCUT2D eigenvalue weighted by molar-refractivity contribution is 0.242. The number of aliphatic hydroxyl groups is 1. The minimum atomic E-state index is -0.661. The lowest BCUT2D eigenvalue weighted by Crippen LogP contribution is -2.38. The highest BCUT2D eigenvalue weighted by atomic mass is 19.1. The first-order chi connectivity index (χ1) is 16.4. The predicted octanol–water partition coefficient (Wildman–Crippen LogP) is 4.30. The molecule has 4 aromatic rings. The number of rotatable bonds is 4. The van der Waals surface area contributed by atoms with Gasteiger partial charge in [-0.15, -0.1) is 5.10 Å². The van der Waals surface area contributed by atoms with E-state index in [1.54, 1.807) is 24.5 Å². The minimum absolute atomic E-state index is 0.142. The normalized spacial score (nSPS) is 22.2. The zero-order chi connectivity index (χ0) is 23.7. The summed E-state index contributed by atoms with van der Waals surface area (Å²) in [5.74, 6) is -1.18. The van der Waals surface area contributed by atoms with E-state index in [1.807, 2.05) is 0 Å². The molecule has 9 heteroatoms. The summed E-state index contributed by atoms with van der Waals surface area (Å²) < 4.78 is 28.9. The lowest BCUT2D eigenvalue weighted by Gasteiger charge is -2.37. The Balaban J connectivity index is 1.51. The van der Waals surface area contributed by atoms with Gasteiger partial charge in [0, 0.05) is 6.20 Å². The maximum Gasteiger partial charge on any atom is 0.135 e. The van der Waals surface area contributed by atoms with Gasteiger partial charge in [0.15, 0.2) is 0 Å². The molecule has 34 heavy (non-hydrogen) atoms. The number of aliphatic hydroxyl groups excluding tert-OH is 1. The van der Waals surface area contributed by atoms with Crippen molar-refractivity contribution in [2.75, 3.05) is 0 Å². The number of hydrogen-bond donors (Lipinski definition) is 2. The van der Waals surface area contributed by atoms with Gasteiger partial charge in [0.25, 0.3) is 0 Å². The molecule has 0 unspecified atom stereocenters. The molecule has 0 aliphatic heterocycles. The summed E-state index contributed by atoms with van der Waals surface area (Å²) in [5.41, 5.74) is 3.53. The van der Waals surface area contributed by atoms with Gasteiger partial charge in [-0.1, -0.05) is 19.9 Å². The van der Waals surface area contributed by atoms with Crippen LogP contribution >= 0.6 is 0 Å². The van der Waals surface area contributed by atoms with Gasteiger partial charge in [-0.05, 0) is 54.0 Å². The van der Waals surface area contributed by atoms with Gasteiger partial charge in [-0.3, -0.25) is 10.1 Å².